The number of benzene rings is 1. The normalized spacial score (nSPS) is 11.0. The molecular weight excluding hydrogens is 427 g/mol. The number of carbonyl (C=O) groups is 1. The Bertz CT molecular complexity index is 808. The lowest BCUT2D eigenvalue weighted by atomic mass is 10.1. The van der Waals surface area contributed by atoms with Crippen LogP contribution in [0.3, 0.4) is 0 Å². The van der Waals surface area contributed by atoms with E-state index in [-0.39, 0.29) is 23.1 Å². The summed E-state index contributed by atoms with van der Waals surface area (Å²) in [5.74, 6) is -0.306. The summed E-state index contributed by atoms with van der Waals surface area (Å²) >= 11 is 2.33. The van der Waals surface area contributed by atoms with E-state index in [1.54, 1.807) is 10.6 Å². The van der Waals surface area contributed by atoms with Gasteiger partial charge < -0.3 is 9.88 Å². The molecule has 1 amide bonds. The minimum atomic E-state index is -0.306. The lowest BCUT2D eigenvalue weighted by Gasteiger charge is -2.17. The zero-order valence-corrected chi connectivity index (χ0v) is 17.4. The fourth-order valence-corrected chi connectivity index (χ4v) is 3.41. The van der Waals surface area contributed by atoms with Crippen LogP contribution in [0.1, 0.15) is 53.5 Å². The van der Waals surface area contributed by atoms with Crippen LogP contribution in [0.5, 0.6) is 0 Å². The topological polar surface area (TPSA) is 51.1 Å². The third-order valence-corrected chi connectivity index (χ3v) is 5.02. The first-order valence-electron chi connectivity index (χ1n) is 8.55. The third-order valence-electron chi connectivity index (χ3n) is 4.13. The predicted molar refractivity (Wildman–Crippen MR) is 111 cm³/mol. The quantitative estimate of drug-likeness (QED) is 0.535. The van der Waals surface area contributed by atoms with Crippen molar-refractivity contribution in [1.82, 2.24) is 9.88 Å². The highest BCUT2D eigenvalue weighted by Crippen LogP contribution is 2.13. The Kier molecular flexibility index (Phi) is 6.81. The Hall–Kier alpha value is -1.63. The Balaban J connectivity index is 2.48. The molecule has 0 atom stereocenters. The van der Waals surface area contributed by atoms with Crippen LogP contribution in [-0.2, 0) is 17.4 Å². The van der Waals surface area contributed by atoms with E-state index < -0.39 is 0 Å². The smallest absolute Gasteiger partial charge is 0.263 e. The molecule has 0 saturated heterocycles. The SMILES string of the molecule is CCc1c(C)cc(C(=O)NC(C)C)c(=O)n1Cc1ccc(CI)cc1. The Labute approximate surface area is 162 Å². The van der Waals surface area contributed by atoms with Crippen molar-refractivity contribution in [2.24, 2.45) is 0 Å². The second-order valence-corrected chi connectivity index (χ2v) is 7.27. The van der Waals surface area contributed by atoms with Crippen molar-refractivity contribution < 1.29 is 4.79 Å². The molecule has 0 radical (unpaired) electrons. The van der Waals surface area contributed by atoms with Gasteiger partial charge in [0.25, 0.3) is 11.5 Å². The molecule has 0 spiro atoms. The molecule has 0 fully saturated rings. The van der Waals surface area contributed by atoms with Crippen molar-refractivity contribution in [3.63, 3.8) is 0 Å². The zero-order chi connectivity index (χ0) is 18.6. The van der Waals surface area contributed by atoms with Gasteiger partial charge in [-0.05, 0) is 49.9 Å². The second kappa shape index (κ2) is 8.65. The van der Waals surface area contributed by atoms with Gasteiger partial charge in [0, 0.05) is 16.2 Å². The molecule has 1 N–H and O–H groups in total. The molecule has 0 unspecified atom stereocenters. The van der Waals surface area contributed by atoms with Gasteiger partial charge in [0.05, 0.1) is 6.54 Å². The van der Waals surface area contributed by atoms with E-state index in [0.717, 1.165) is 27.7 Å². The lowest BCUT2D eigenvalue weighted by Crippen LogP contribution is -2.37. The van der Waals surface area contributed by atoms with Crippen LogP contribution in [0.2, 0.25) is 0 Å². The van der Waals surface area contributed by atoms with Crippen LogP contribution in [-0.4, -0.2) is 16.5 Å². The molecule has 0 aliphatic heterocycles. The number of halogens is 1. The van der Waals surface area contributed by atoms with Gasteiger partial charge in [-0.1, -0.05) is 53.8 Å². The number of pyridine rings is 1. The highest BCUT2D eigenvalue weighted by molar-refractivity contribution is 14.1. The van der Waals surface area contributed by atoms with E-state index in [9.17, 15) is 9.59 Å². The molecule has 0 aliphatic carbocycles. The summed E-state index contributed by atoms with van der Waals surface area (Å²) in [4.78, 5) is 25.3. The highest BCUT2D eigenvalue weighted by atomic mass is 127. The van der Waals surface area contributed by atoms with Crippen LogP contribution in [0.25, 0.3) is 0 Å². The van der Waals surface area contributed by atoms with Gasteiger partial charge >= 0.3 is 0 Å². The minimum absolute atomic E-state index is 0.00710. The molecule has 1 heterocycles. The standard InChI is InChI=1S/C20H25IN2O2/c1-5-18-14(4)10-17(19(24)22-13(2)3)20(25)23(18)12-16-8-6-15(11-21)7-9-16/h6-10,13H,5,11-12H2,1-4H3,(H,22,24). The average molecular weight is 452 g/mol. The van der Waals surface area contributed by atoms with Gasteiger partial charge in [-0.3, -0.25) is 9.59 Å². The van der Waals surface area contributed by atoms with Gasteiger partial charge in [-0.15, -0.1) is 0 Å². The number of rotatable bonds is 6. The van der Waals surface area contributed by atoms with Crippen molar-refractivity contribution in [2.75, 3.05) is 0 Å². The summed E-state index contributed by atoms with van der Waals surface area (Å²) in [6.07, 6.45) is 0.749. The van der Waals surface area contributed by atoms with Crippen molar-refractivity contribution in [3.05, 3.63) is 68.6 Å². The third kappa shape index (κ3) is 4.71. The van der Waals surface area contributed by atoms with Gasteiger partial charge in [-0.25, -0.2) is 0 Å². The van der Waals surface area contributed by atoms with E-state index in [1.165, 1.54) is 5.56 Å². The second-order valence-electron chi connectivity index (χ2n) is 6.51. The summed E-state index contributed by atoms with van der Waals surface area (Å²) in [5.41, 5.74) is 4.26. The Morgan fingerprint density at radius 1 is 1.20 bits per heavy atom. The van der Waals surface area contributed by atoms with Crippen molar-refractivity contribution >= 4 is 28.5 Å². The van der Waals surface area contributed by atoms with E-state index in [0.29, 0.717) is 6.54 Å². The number of carbonyl (C=O) groups excluding carboxylic acids is 1. The first kappa shape index (κ1) is 19.7. The molecule has 0 aliphatic rings. The number of nitrogens with zero attached hydrogens (tertiary/aromatic N) is 1. The molecule has 1 aromatic heterocycles. The Morgan fingerprint density at radius 3 is 2.32 bits per heavy atom. The fraction of sp³-hybridized carbons (Fsp3) is 0.400. The van der Waals surface area contributed by atoms with Crippen molar-refractivity contribution in [1.29, 1.82) is 0 Å². The average Bonchev–Trinajstić information content (AvgIpc) is 2.58. The van der Waals surface area contributed by atoms with Crippen LogP contribution in [0, 0.1) is 6.92 Å². The summed E-state index contributed by atoms with van der Waals surface area (Å²) < 4.78 is 2.70. The predicted octanol–water partition coefficient (Wildman–Crippen LogP) is 3.84. The first-order valence-corrected chi connectivity index (χ1v) is 10.1. The summed E-state index contributed by atoms with van der Waals surface area (Å²) in [6, 6.07) is 9.98. The van der Waals surface area contributed by atoms with Gasteiger partial charge in [0.2, 0.25) is 0 Å². The molecule has 4 nitrogen and oxygen atoms in total. The number of nitrogens with one attached hydrogen (secondary N) is 1. The molecular formula is C20H25IN2O2. The molecule has 134 valence electrons. The molecule has 0 saturated carbocycles. The molecule has 1 aromatic carbocycles. The van der Waals surface area contributed by atoms with Gasteiger partial charge in [0.15, 0.2) is 0 Å². The maximum Gasteiger partial charge on any atom is 0.263 e. The van der Waals surface area contributed by atoms with Crippen LogP contribution in [0.15, 0.2) is 35.1 Å². The van der Waals surface area contributed by atoms with E-state index in [1.807, 2.05) is 27.7 Å². The number of hydrogen-bond donors (Lipinski definition) is 1. The van der Waals surface area contributed by atoms with Crippen LogP contribution >= 0.6 is 22.6 Å². The first-order chi connectivity index (χ1) is 11.9. The molecule has 25 heavy (non-hydrogen) atoms. The summed E-state index contributed by atoms with van der Waals surface area (Å²) in [5, 5.41) is 2.82. The number of hydrogen-bond acceptors (Lipinski definition) is 2. The van der Waals surface area contributed by atoms with Crippen molar-refractivity contribution in [3.8, 4) is 0 Å². The van der Waals surface area contributed by atoms with E-state index >= 15 is 0 Å². The zero-order valence-electron chi connectivity index (χ0n) is 15.2. The molecule has 2 rings (SSSR count). The molecule has 2 aromatic rings. The maximum atomic E-state index is 13.0. The highest BCUT2D eigenvalue weighted by Gasteiger charge is 2.17. The fourth-order valence-electron chi connectivity index (χ4n) is 2.90. The monoisotopic (exact) mass is 452 g/mol. The van der Waals surface area contributed by atoms with E-state index in [2.05, 4.69) is 52.2 Å². The lowest BCUT2D eigenvalue weighted by molar-refractivity contribution is 0.0941. The van der Waals surface area contributed by atoms with Crippen LogP contribution in [0.4, 0.5) is 0 Å². The summed E-state index contributed by atoms with van der Waals surface area (Å²) in [6.45, 7) is 8.25. The van der Waals surface area contributed by atoms with Crippen LogP contribution < -0.4 is 10.9 Å². The number of aryl methyl sites for hydroxylation is 1. The Morgan fingerprint density at radius 2 is 1.80 bits per heavy atom. The van der Waals surface area contributed by atoms with Crippen molar-refractivity contribution in [2.45, 2.75) is 51.1 Å². The number of aromatic nitrogens is 1. The maximum absolute atomic E-state index is 13.0. The van der Waals surface area contributed by atoms with Gasteiger partial charge in [0.1, 0.15) is 5.56 Å². The molecule has 0 bridgehead atoms. The largest absolute Gasteiger partial charge is 0.350 e. The minimum Gasteiger partial charge on any atom is -0.350 e. The summed E-state index contributed by atoms with van der Waals surface area (Å²) in [7, 11) is 0. The number of amides is 1. The van der Waals surface area contributed by atoms with Gasteiger partial charge in [-0.2, -0.15) is 0 Å². The number of alkyl halides is 1. The van der Waals surface area contributed by atoms with E-state index in [4.69, 9.17) is 0 Å². The molecule has 5 heteroatoms.